The average molecular weight is 995 g/mol. The first-order chi connectivity index (χ1) is 27.9. The van der Waals surface area contributed by atoms with E-state index in [1.165, 1.54) is 162 Å². The van der Waals surface area contributed by atoms with Gasteiger partial charge in [-0.3, -0.25) is 0 Å². The summed E-state index contributed by atoms with van der Waals surface area (Å²) in [6.45, 7) is 4.54. The molecule has 57 heavy (non-hydrogen) atoms. The smallest absolute Gasteiger partial charge is 0.170 e. The van der Waals surface area contributed by atoms with Crippen LogP contribution < -0.4 is 0 Å². The molecule has 0 bridgehead atoms. The zero-order chi connectivity index (χ0) is 40.0. The van der Waals surface area contributed by atoms with Crippen LogP contribution in [0.3, 0.4) is 0 Å². The summed E-state index contributed by atoms with van der Waals surface area (Å²) >= 11 is 15.0. The zero-order valence-corrected chi connectivity index (χ0v) is 40.7. The number of aromatic nitrogens is 2. The first-order valence-corrected chi connectivity index (χ1v) is 26.9. The van der Waals surface area contributed by atoms with Crippen molar-refractivity contribution in [2.75, 3.05) is 0 Å². The van der Waals surface area contributed by atoms with Crippen LogP contribution in [0.1, 0.15) is 153 Å². The summed E-state index contributed by atoms with van der Waals surface area (Å²) in [5, 5.41) is 0. The van der Waals surface area contributed by atoms with Crippen LogP contribution in [0.5, 0.6) is 0 Å². The maximum Gasteiger partial charge on any atom is 0.170 e. The molecule has 0 saturated carbocycles. The van der Waals surface area contributed by atoms with Crippen LogP contribution in [-0.4, -0.2) is 8.75 Å². The minimum absolute atomic E-state index is 0.202. The molecule has 0 saturated heterocycles. The Kier molecular flexibility index (Phi) is 18.7. The number of thiophene rings is 4. The molecule has 5 heterocycles. The summed E-state index contributed by atoms with van der Waals surface area (Å²) in [5.41, 5.74) is 3.90. The van der Waals surface area contributed by atoms with Gasteiger partial charge in [-0.05, 0) is 105 Å². The van der Waals surface area contributed by atoms with Crippen molar-refractivity contribution < 1.29 is 8.78 Å². The molecule has 5 aromatic heterocycles. The molecular formula is C46H56Br2F2N2S5. The maximum absolute atomic E-state index is 16.3. The van der Waals surface area contributed by atoms with Gasteiger partial charge in [0.15, 0.2) is 11.6 Å². The quantitative estimate of drug-likeness (QED) is 0.0506. The zero-order valence-electron chi connectivity index (χ0n) is 33.5. The second-order valence-corrected chi connectivity index (χ2v) is 22.8. The normalized spacial score (nSPS) is 11.8. The predicted octanol–water partition coefficient (Wildman–Crippen LogP) is 19.3. The average Bonchev–Trinajstić information content (AvgIpc) is 4.06. The van der Waals surface area contributed by atoms with Gasteiger partial charge in [0, 0.05) is 29.3 Å². The molecule has 0 atom stereocenters. The number of benzene rings is 1. The molecule has 6 aromatic rings. The highest BCUT2D eigenvalue weighted by molar-refractivity contribution is 9.11. The van der Waals surface area contributed by atoms with E-state index < -0.39 is 11.6 Å². The SMILES string of the molecule is CCCCCCCCCCCCc1cc(-c2ccc(-c3c(F)c(F)c(-c4ccc(-c5cc(CCCCCCCCCCCC)c(Br)s5)s4)c4nsnc34)s2)sc1Br. The summed E-state index contributed by atoms with van der Waals surface area (Å²) < 4.78 is 43.9. The predicted molar refractivity (Wildman–Crippen MR) is 257 cm³/mol. The van der Waals surface area contributed by atoms with Crippen molar-refractivity contribution in [3.63, 3.8) is 0 Å². The first kappa shape index (κ1) is 45.2. The third-order valence-electron chi connectivity index (χ3n) is 10.9. The highest BCUT2D eigenvalue weighted by Crippen LogP contribution is 2.48. The van der Waals surface area contributed by atoms with Crippen molar-refractivity contribution >= 4 is 100.0 Å². The molecule has 0 unspecified atom stereocenters. The number of fused-ring (bicyclic) bond motifs is 1. The van der Waals surface area contributed by atoms with E-state index in [0.717, 1.165) is 51.7 Å². The van der Waals surface area contributed by atoms with Crippen LogP contribution in [0, 0.1) is 11.6 Å². The number of unbranched alkanes of at least 4 members (excludes halogenated alkanes) is 18. The number of rotatable bonds is 26. The molecule has 0 aliphatic rings. The van der Waals surface area contributed by atoms with E-state index in [2.05, 4.69) is 66.6 Å². The Morgan fingerprint density at radius 1 is 0.439 bits per heavy atom. The standard InChI is InChI=1S/C46H56Br2F2N2S5/c1-3-5-7-9-11-13-15-17-19-21-23-31-29-37(55-45(31)47)33-25-27-35(53-33)39-41(49)42(50)40(44-43(39)51-57-52-44)36-28-26-34(54-36)38-30-32(46(48)56-38)24-22-20-18-16-14-12-10-8-6-4-2/h25-30H,3-24H2,1-2H3. The van der Waals surface area contributed by atoms with Crippen LogP contribution in [0.15, 0.2) is 44.0 Å². The summed E-state index contributed by atoms with van der Waals surface area (Å²) in [6.07, 6.45) is 28.6. The molecule has 0 radical (unpaired) electrons. The number of hydrogen-bond donors (Lipinski definition) is 0. The van der Waals surface area contributed by atoms with Gasteiger partial charge < -0.3 is 0 Å². The Morgan fingerprint density at radius 2 is 0.772 bits per heavy atom. The van der Waals surface area contributed by atoms with Crippen LogP contribution in [0.2, 0.25) is 0 Å². The van der Waals surface area contributed by atoms with E-state index >= 15 is 8.78 Å². The molecular weight excluding hydrogens is 939 g/mol. The minimum atomic E-state index is -0.861. The lowest BCUT2D eigenvalue weighted by Crippen LogP contribution is -1.95. The molecule has 0 aliphatic heterocycles. The van der Waals surface area contributed by atoms with Crippen molar-refractivity contribution in [3.05, 3.63) is 66.7 Å². The third kappa shape index (κ3) is 12.4. The van der Waals surface area contributed by atoms with Gasteiger partial charge in [0.05, 0.1) is 30.4 Å². The Balaban J connectivity index is 1.07. The fraction of sp³-hybridized carbons (Fsp3) is 0.522. The third-order valence-corrected chi connectivity index (χ3v) is 17.9. The highest BCUT2D eigenvalue weighted by atomic mass is 79.9. The lowest BCUT2D eigenvalue weighted by Gasteiger charge is -2.08. The molecule has 0 spiro atoms. The fourth-order valence-corrected chi connectivity index (χ4v) is 14.0. The number of nitrogens with zero attached hydrogens (tertiary/aromatic N) is 2. The topological polar surface area (TPSA) is 25.8 Å². The summed E-state index contributed by atoms with van der Waals surface area (Å²) in [4.78, 5) is 5.70. The molecule has 0 N–H and O–H groups in total. The number of aryl methyl sites for hydroxylation is 2. The van der Waals surface area contributed by atoms with E-state index in [1.54, 1.807) is 22.7 Å². The van der Waals surface area contributed by atoms with Gasteiger partial charge in [0.25, 0.3) is 0 Å². The van der Waals surface area contributed by atoms with E-state index in [0.29, 0.717) is 20.8 Å². The van der Waals surface area contributed by atoms with Gasteiger partial charge in [-0.2, -0.15) is 8.75 Å². The molecule has 2 nitrogen and oxygen atoms in total. The summed E-state index contributed by atoms with van der Waals surface area (Å²) in [5.74, 6) is -1.72. The van der Waals surface area contributed by atoms with Gasteiger partial charge in [-0.1, -0.05) is 129 Å². The van der Waals surface area contributed by atoms with Crippen LogP contribution in [-0.2, 0) is 12.8 Å². The Labute approximate surface area is 376 Å². The lowest BCUT2D eigenvalue weighted by atomic mass is 10.0. The molecule has 1 aromatic carbocycles. The number of halogens is 4. The molecule has 11 heteroatoms. The summed E-state index contributed by atoms with van der Waals surface area (Å²) in [6, 6.07) is 12.4. The van der Waals surface area contributed by atoms with Crippen LogP contribution in [0.4, 0.5) is 8.78 Å². The minimum Gasteiger partial charge on any atom is -0.203 e. The second-order valence-electron chi connectivity index (χ2n) is 15.4. The van der Waals surface area contributed by atoms with Crippen molar-refractivity contribution in [2.24, 2.45) is 0 Å². The molecule has 308 valence electrons. The Bertz CT molecular complexity index is 1980. The van der Waals surface area contributed by atoms with E-state index in [4.69, 9.17) is 0 Å². The first-order valence-electron chi connectivity index (χ1n) is 21.3. The van der Waals surface area contributed by atoms with Crippen LogP contribution >= 0.6 is 88.9 Å². The van der Waals surface area contributed by atoms with Gasteiger partial charge >= 0.3 is 0 Å². The van der Waals surface area contributed by atoms with Gasteiger partial charge in [-0.25, -0.2) is 8.78 Å². The molecule has 0 aliphatic carbocycles. The largest absolute Gasteiger partial charge is 0.203 e. The van der Waals surface area contributed by atoms with Gasteiger partial charge in [0.2, 0.25) is 0 Å². The fourth-order valence-electron chi connectivity index (χ4n) is 7.61. The Morgan fingerprint density at radius 3 is 1.14 bits per heavy atom. The highest BCUT2D eigenvalue weighted by Gasteiger charge is 2.27. The van der Waals surface area contributed by atoms with E-state index in [1.807, 2.05) is 24.3 Å². The second kappa shape index (κ2) is 23.6. The van der Waals surface area contributed by atoms with Crippen LogP contribution in [0.25, 0.3) is 51.4 Å². The maximum atomic E-state index is 16.3. The van der Waals surface area contributed by atoms with E-state index in [-0.39, 0.29) is 11.1 Å². The number of hydrogen-bond acceptors (Lipinski definition) is 7. The van der Waals surface area contributed by atoms with Crippen molar-refractivity contribution in [1.29, 1.82) is 0 Å². The lowest BCUT2D eigenvalue weighted by molar-refractivity contribution is 0.516. The van der Waals surface area contributed by atoms with Crippen molar-refractivity contribution in [2.45, 2.75) is 155 Å². The van der Waals surface area contributed by atoms with Gasteiger partial charge in [-0.15, -0.1) is 45.3 Å². The molecule has 0 fully saturated rings. The molecule has 6 rings (SSSR count). The monoisotopic (exact) mass is 992 g/mol. The summed E-state index contributed by atoms with van der Waals surface area (Å²) in [7, 11) is 0. The van der Waals surface area contributed by atoms with Crippen molar-refractivity contribution in [3.8, 4) is 40.4 Å². The molecule has 0 amide bonds. The van der Waals surface area contributed by atoms with E-state index in [9.17, 15) is 0 Å². The van der Waals surface area contributed by atoms with Crippen molar-refractivity contribution in [1.82, 2.24) is 8.75 Å². The Hall–Kier alpha value is -1.34. The van der Waals surface area contributed by atoms with Gasteiger partial charge in [0.1, 0.15) is 11.0 Å².